The third-order valence-corrected chi connectivity index (χ3v) is 5.34. The monoisotopic (exact) mass is 376 g/mol. The van der Waals surface area contributed by atoms with Crippen LogP contribution in [0.5, 0.6) is 0 Å². The lowest BCUT2D eigenvalue weighted by atomic mass is 10.0. The fraction of sp³-hybridized carbons (Fsp3) is 0.333. The molecule has 2 fully saturated rings. The standard InChI is InChI=1S/C21H20N4O3/c26-19(23-15-7-4-10-22-20(15)27)14-11-16(12-8-9-12)24-21-17(14)18(25-28-21)13-5-2-1-3-6-13/h1-3,5-6,11-12,15H,4,7-10H2,(H,22,27)(H,23,26). The van der Waals surface area contributed by atoms with Crippen LogP contribution in [-0.4, -0.2) is 34.5 Å². The predicted octanol–water partition coefficient (Wildman–Crippen LogP) is 2.78. The van der Waals surface area contributed by atoms with E-state index >= 15 is 0 Å². The number of hydrogen-bond acceptors (Lipinski definition) is 5. The van der Waals surface area contributed by atoms with E-state index in [1.165, 1.54) is 0 Å². The fourth-order valence-electron chi connectivity index (χ4n) is 3.68. The number of piperidine rings is 1. The zero-order chi connectivity index (χ0) is 19.1. The lowest BCUT2D eigenvalue weighted by molar-refractivity contribution is -0.124. The Kier molecular flexibility index (Phi) is 4.07. The molecule has 1 saturated carbocycles. The molecule has 1 aromatic carbocycles. The topological polar surface area (TPSA) is 97.1 Å². The summed E-state index contributed by atoms with van der Waals surface area (Å²) >= 11 is 0. The molecule has 7 heteroatoms. The molecule has 2 aliphatic rings. The summed E-state index contributed by atoms with van der Waals surface area (Å²) in [6.45, 7) is 0.653. The lowest BCUT2D eigenvalue weighted by Crippen LogP contribution is -2.50. The van der Waals surface area contributed by atoms with Crippen molar-refractivity contribution in [3.63, 3.8) is 0 Å². The number of pyridine rings is 1. The van der Waals surface area contributed by atoms with Gasteiger partial charge in [-0.05, 0) is 31.7 Å². The first kappa shape index (κ1) is 16.9. The van der Waals surface area contributed by atoms with Crippen LogP contribution in [0.4, 0.5) is 0 Å². The Labute approximate surface area is 161 Å². The van der Waals surface area contributed by atoms with Crippen molar-refractivity contribution in [3.05, 3.63) is 47.7 Å². The second-order valence-electron chi connectivity index (χ2n) is 7.41. The molecule has 2 aromatic heterocycles. The van der Waals surface area contributed by atoms with Crippen molar-refractivity contribution < 1.29 is 14.1 Å². The number of hydrogen-bond donors (Lipinski definition) is 2. The Morgan fingerprint density at radius 1 is 1.18 bits per heavy atom. The van der Waals surface area contributed by atoms with Gasteiger partial charge in [0, 0.05) is 23.7 Å². The summed E-state index contributed by atoms with van der Waals surface area (Å²) in [6.07, 6.45) is 3.60. The molecule has 3 aromatic rings. The maximum Gasteiger partial charge on any atom is 0.259 e. The van der Waals surface area contributed by atoms with Crippen LogP contribution in [0.15, 0.2) is 40.9 Å². The normalized spacial score (nSPS) is 19.4. The van der Waals surface area contributed by atoms with Gasteiger partial charge in [0.15, 0.2) is 0 Å². The molecule has 0 radical (unpaired) electrons. The molecule has 1 aliphatic carbocycles. The smallest absolute Gasteiger partial charge is 0.259 e. The van der Waals surface area contributed by atoms with Crippen LogP contribution in [0.2, 0.25) is 0 Å². The molecule has 5 rings (SSSR count). The molecule has 1 atom stereocenters. The molecular weight excluding hydrogens is 356 g/mol. The Morgan fingerprint density at radius 3 is 2.75 bits per heavy atom. The van der Waals surface area contributed by atoms with Crippen molar-refractivity contribution in [1.29, 1.82) is 0 Å². The second kappa shape index (κ2) is 6.74. The van der Waals surface area contributed by atoms with E-state index in [9.17, 15) is 9.59 Å². The first-order chi connectivity index (χ1) is 13.7. The molecule has 2 amide bonds. The average Bonchev–Trinajstić information content (AvgIpc) is 3.49. The summed E-state index contributed by atoms with van der Waals surface area (Å²) < 4.78 is 5.50. The van der Waals surface area contributed by atoms with Gasteiger partial charge in [-0.3, -0.25) is 9.59 Å². The summed E-state index contributed by atoms with van der Waals surface area (Å²) in [5.74, 6) is -0.0724. The Hall–Kier alpha value is -3.22. The largest absolute Gasteiger partial charge is 0.354 e. The average molecular weight is 376 g/mol. The van der Waals surface area contributed by atoms with Gasteiger partial charge in [-0.2, -0.15) is 0 Å². The third kappa shape index (κ3) is 3.02. The zero-order valence-corrected chi connectivity index (χ0v) is 15.3. The highest BCUT2D eigenvalue weighted by Crippen LogP contribution is 2.41. The molecule has 0 bridgehead atoms. The van der Waals surface area contributed by atoms with Gasteiger partial charge >= 0.3 is 0 Å². The molecule has 3 heterocycles. The van der Waals surface area contributed by atoms with Gasteiger partial charge in [-0.15, -0.1) is 0 Å². The molecular formula is C21H20N4O3. The van der Waals surface area contributed by atoms with E-state index in [1.807, 2.05) is 36.4 Å². The van der Waals surface area contributed by atoms with E-state index in [0.29, 0.717) is 41.2 Å². The minimum Gasteiger partial charge on any atom is -0.354 e. The minimum atomic E-state index is -0.520. The minimum absolute atomic E-state index is 0.138. The second-order valence-corrected chi connectivity index (χ2v) is 7.41. The maximum absolute atomic E-state index is 13.2. The Balaban J connectivity index is 1.59. The summed E-state index contributed by atoms with van der Waals surface area (Å²) in [5, 5.41) is 10.5. The number of aromatic nitrogens is 2. The SMILES string of the molecule is O=C(NC1CCCNC1=O)c1cc(C2CC2)nc2onc(-c3ccccc3)c12. The quantitative estimate of drug-likeness (QED) is 0.730. The molecule has 142 valence electrons. The molecule has 0 spiro atoms. The molecule has 2 N–H and O–H groups in total. The molecule has 28 heavy (non-hydrogen) atoms. The summed E-state index contributed by atoms with van der Waals surface area (Å²) in [7, 11) is 0. The highest BCUT2D eigenvalue weighted by molar-refractivity contribution is 6.10. The van der Waals surface area contributed by atoms with Crippen molar-refractivity contribution >= 4 is 22.9 Å². The summed E-state index contributed by atoms with van der Waals surface area (Å²) in [6, 6.07) is 10.9. The van der Waals surface area contributed by atoms with Crippen LogP contribution >= 0.6 is 0 Å². The van der Waals surface area contributed by atoms with Gasteiger partial charge < -0.3 is 15.2 Å². The van der Waals surface area contributed by atoms with Crippen molar-refractivity contribution in [1.82, 2.24) is 20.8 Å². The molecule has 7 nitrogen and oxygen atoms in total. The predicted molar refractivity (Wildman–Crippen MR) is 103 cm³/mol. The third-order valence-electron chi connectivity index (χ3n) is 5.34. The van der Waals surface area contributed by atoms with Crippen molar-refractivity contribution in [2.75, 3.05) is 6.54 Å². The van der Waals surface area contributed by atoms with Crippen LogP contribution in [-0.2, 0) is 4.79 Å². The van der Waals surface area contributed by atoms with Gasteiger partial charge in [0.2, 0.25) is 5.91 Å². The van der Waals surface area contributed by atoms with Gasteiger partial charge in [0.1, 0.15) is 11.7 Å². The number of nitrogens with one attached hydrogen (secondary N) is 2. The number of nitrogens with zero attached hydrogens (tertiary/aromatic N) is 2. The Bertz CT molecular complexity index is 1060. The Morgan fingerprint density at radius 2 is 2.00 bits per heavy atom. The summed E-state index contributed by atoms with van der Waals surface area (Å²) in [4.78, 5) is 29.8. The van der Waals surface area contributed by atoms with Crippen LogP contribution in [0, 0.1) is 0 Å². The zero-order valence-electron chi connectivity index (χ0n) is 15.3. The van der Waals surface area contributed by atoms with Crippen molar-refractivity contribution in [2.24, 2.45) is 0 Å². The summed E-state index contributed by atoms with van der Waals surface area (Å²) in [5.41, 5.74) is 3.11. The number of benzene rings is 1. The highest BCUT2D eigenvalue weighted by atomic mass is 16.5. The van der Waals surface area contributed by atoms with Crippen LogP contribution in [0.3, 0.4) is 0 Å². The van der Waals surface area contributed by atoms with Crippen molar-refractivity contribution in [2.45, 2.75) is 37.6 Å². The number of carbonyl (C=O) groups is 2. The van der Waals surface area contributed by atoms with E-state index in [0.717, 1.165) is 30.5 Å². The molecule has 1 saturated heterocycles. The van der Waals surface area contributed by atoms with E-state index in [1.54, 1.807) is 0 Å². The lowest BCUT2D eigenvalue weighted by Gasteiger charge is -2.23. The van der Waals surface area contributed by atoms with E-state index in [2.05, 4.69) is 20.8 Å². The fourth-order valence-corrected chi connectivity index (χ4v) is 3.68. The first-order valence-electron chi connectivity index (χ1n) is 9.65. The number of fused-ring (bicyclic) bond motifs is 1. The molecule has 1 unspecified atom stereocenters. The maximum atomic E-state index is 13.2. The van der Waals surface area contributed by atoms with Crippen molar-refractivity contribution in [3.8, 4) is 11.3 Å². The number of amides is 2. The van der Waals surface area contributed by atoms with Crippen LogP contribution in [0.1, 0.15) is 47.7 Å². The van der Waals surface area contributed by atoms with E-state index < -0.39 is 6.04 Å². The molecule has 1 aliphatic heterocycles. The highest BCUT2D eigenvalue weighted by Gasteiger charge is 2.31. The van der Waals surface area contributed by atoms with E-state index in [-0.39, 0.29) is 11.8 Å². The number of carbonyl (C=O) groups excluding carboxylic acids is 2. The van der Waals surface area contributed by atoms with Crippen LogP contribution in [0.25, 0.3) is 22.4 Å². The van der Waals surface area contributed by atoms with Gasteiger partial charge in [0.05, 0.1) is 10.9 Å². The van der Waals surface area contributed by atoms with Gasteiger partial charge in [-0.25, -0.2) is 4.98 Å². The number of rotatable bonds is 4. The van der Waals surface area contributed by atoms with Gasteiger partial charge in [0.25, 0.3) is 11.6 Å². The van der Waals surface area contributed by atoms with E-state index in [4.69, 9.17) is 4.52 Å². The first-order valence-corrected chi connectivity index (χ1v) is 9.65. The van der Waals surface area contributed by atoms with Gasteiger partial charge in [-0.1, -0.05) is 35.5 Å². The van der Waals surface area contributed by atoms with Crippen LogP contribution < -0.4 is 10.6 Å².